The summed E-state index contributed by atoms with van der Waals surface area (Å²) in [6, 6.07) is 8.08. The molecule has 8 heteroatoms. The summed E-state index contributed by atoms with van der Waals surface area (Å²) in [4.78, 5) is 14.8. The lowest BCUT2D eigenvalue weighted by Gasteiger charge is -2.22. The van der Waals surface area contributed by atoms with Crippen LogP contribution >= 0.6 is 0 Å². The second kappa shape index (κ2) is 6.80. The molecule has 1 saturated carbocycles. The summed E-state index contributed by atoms with van der Waals surface area (Å²) in [7, 11) is 1.84. The number of halogens is 3. The van der Waals surface area contributed by atoms with E-state index in [-0.39, 0.29) is 29.2 Å². The third-order valence-corrected chi connectivity index (χ3v) is 5.92. The highest BCUT2D eigenvalue weighted by Gasteiger charge is 2.42. The predicted molar refractivity (Wildman–Crippen MR) is 110 cm³/mol. The average Bonchev–Trinajstić information content (AvgIpc) is 3.41. The minimum absolute atomic E-state index is 0.00825. The summed E-state index contributed by atoms with van der Waals surface area (Å²) in [6.07, 6.45) is 0.299. The van der Waals surface area contributed by atoms with E-state index in [4.69, 9.17) is 0 Å². The van der Waals surface area contributed by atoms with Crippen molar-refractivity contribution in [3.05, 3.63) is 71.1 Å². The van der Waals surface area contributed by atoms with Crippen LogP contribution in [0.5, 0.6) is 0 Å². The zero-order chi connectivity index (χ0) is 21.9. The van der Waals surface area contributed by atoms with Gasteiger partial charge in [0.1, 0.15) is 6.33 Å². The molecule has 0 spiro atoms. The maximum atomic E-state index is 13.7. The first-order valence-corrected chi connectivity index (χ1v) is 9.95. The van der Waals surface area contributed by atoms with Crippen molar-refractivity contribution in [3.8, 4) is 11.4 Å². The van der Waals surface area contributed by atoms with Gasteiger partial charge in [-0.1, -0.05) is 24.8 Å². The first kappa shape index (κ1) is 19.5. The molecule has 0 atom stereocenters. The summed E-state index contributed by atoms with van der Waals surface area (Å²) in [5.74, 6) is 0.476. The summed E-state index contributed by atoms with van der Waals surface area (Å²) >= 11 is 0. The van der Waals surface area contributed by atoms with E-state index in [0.717, 1.165) is 30.0 Å². The molecular weight excluding hydrogens is 405 g/mol. The van der Waals surface area contributed by atoms with Gasteiger partial charge >= 0.3 is 6.18 Å². The maximum absolute atomic E-state index is 13.7. The van der Waals surface area contributed by atoms with E-state index in [9.17, 15) is 18.0 Å². The van der Waals surface area contributed by atoms with Gasteiger partial charge in [0.15, 0.2) is 5.82 Å². The molecule has 0 N–H and O–H groups in total. The van der Waals surface area contributed by atoms with E-state index in [2.05, 4.69) is 16.8 Å². The Hall–Kier alpha value is -3.42. The Morgan fingerprint density at radius 2 is 1.97 bits per heavy atom. The van der Waals surface area contributed by atoms with Crippen LogP contribution in [0.15, 0.2) is 43.2 Å². The molecular formula is C23H19F3N4O. The summed E-state index contributed by atoms with van der Waals surface area (Å²) in [6.45, 7) is 3.45. The molecule has 3 aromatic rings. The third-order valence-electron chi connectivity index (χ3n) is 5.92. The van der Waals surface area contributed by atoms with Crippen LogP contribution < -0.4 is 4.90 Å². The number of rotatable bonds is 4. The summed E-state index contributed by atoms with van der Waals surface area (Å²) in [5, 5.41) is 8.15. The zero-order valence-corrected chi connectivity index (χ0v) is 16.8. The van der Waals surface area contributed by atoms with Crippen LogP contribution in [0.2, 0.25) is 0 Å². The number of nitrogens with zero attached hydrogens (tertiary/aromatic N) is 4. The van der Waals surface area contributed by atoms with Crippen molar-refractivity contribution >= 4 is 17.7 Å². The van der Waals surface area contributed by atoms with Gasteiger partial charge in [-0.3, -0.25) is 4.79 Å². The second-order valence-corrected chi connectivity index (χ2v) is 7.97. The van der Waals surface area contributed by atoms with E-state index in [1.54, 1.807) is 23.0 Å². The Kier molecular flexibility index (Phi) is 4.28. The molecule has 0 unspecified atom stereocenters. The van der Waals surface area contributed by atoms with E-state index in [0.29, 0.717) is 11.5 Å². The lowest BCUT2D eigenvalue weighted by atomic mass is 9.99. The van der Waals surface area contributed by atoms with Crippen LogP contribution in [0.25, 0.3) is 17.5 Å². The maximum Gasteiger partial charge on any atom is 0.416 e. The predicted octanol–water partition coefficient (Wildman–Crippen LogP) is 5.18. The lowest BCUT2D eigenvalue weighted by Crippen LogP contribution is -2.24. The smallest absolute Gasteiger partial charge is 0.317 e. The molecule has 0 bridgehead atoms. The molecule has 1 aromatic heterocycles. The summed E-state index contributed by atoms with van der Waals surface area (Å²) in [5.41, 5.74) is 2.01. The molecule has 1 amide bonds. The number of benzene rings is 2. The number of amides is 1. The Morgan fingerprint density at radius 1 is 1.19 bits per heavy atom. The van der Waals surface area contributed by atoms with Gasteiger partial charge in [0.25, 0.3) is 5.91 Å². The number of alkyl halides is 3. The number of carbonyl (C=O) groups excluding carboxylic acids is 1. The Balaban J connectivity index is 1.66. The lowest BCUT2D eigenvalue weighted by molar-refractivity contribution is -0.138. The van der Waals surface area contributed by atoms with Crippen molar-refractivity contribution < 1.29 is 18.0 Å². The van der Waals surface area contributed by atoms with Crippen LogP contribution in [0.1, 0.15) is 51.4 Å². The fourth-order valence-corrected chi connectivity index (χ4v) is 4.31. The highest BCUT2D eigenvalue weighted by atomic mass is 19.4. The quantitative estimate of drug-likeness (QED) is 0.580. The van der Waals surface area contributed by atoms with Crippen molar-refractivity contribution in [2.75, 3.05) is 4.90 Å². The average molecular weight is 424 g/mol. The minimum atomic E-state index is -4.56. The van der Waals surface area contributed by atoms with Gasteiger partial charge in [0, 0.05) is 23.9 Å². The fourth-order valence-electron chi connectivity index (χ4n) is 4.31. The minimum Gasteiger partial charge on any atom is -0.317 e. The topological polar surface area (TPSA) is 51.0 Å². The number of aryl methyl sites for hydroxylation is 1. The fraction of sp³-hybridized carbons (Fsp3) is 0.261. The molecule has 2 heterocycles. The van der Waals surface area contributed by atoms with E-state index >= 15 is 0 Å². The number of fused-ring (bicyclic) bond motifs is 1. The largest absolute Gasteiger partial charge is 0.416 e. The number of hydrogen-bond acceptors (Lipinski definition) is 3. The number of anilines is 1. The molecule has 158 valence electrons. The van der Waals surface area contributed by atoms with Crippen LogP contribution in [-0.4, -0.2) is 20.7 Å². The van der Waals surface area contributed by atoms with Gasteiger partial charge in [-0.05, 0) is 53.6 Å². The first-order chi connectivity index (χ1) is 14.8. The van der Waals surface area contributed by atoms with Crippen molar-refractivity contribution in [2.45, 2.75) is 31.5 Å². The first-order valence-electron chi connectivity index (χ1n) is 9.95. The second-order valence-electron chi connectivity index (χ2n) is 7.97. The molecule has 5 nitrogen and oxygen atoms in total. The zero-order valence-electron chi connectivity index (χ0n) is 16.8. The molecule has 1 aliphatic heterocycles. The Bertz CT molecular complexity index is 1220. The SMILES string of the molecule is C=Cc1cc2c(c(C(F)(F)F)c1)CN(c1cccc(-c3nncn3C)c1C1CC1)C2=O. The van der Waals surface area contributed by atoms with Gasteiger partial charge in [0.2, 0.25) is 0 Å². The summed E-state index contributed by atoms with van der Waals surface area (Å²) < 4.78 is 43.0. The monoisotopic (exact) mass is 424 g/mol. The Morgan fingerprint density at radius 3 is 2.58 bits per heavy atom. The van der Waals surface area contributed by atoms with Crippen molar-refractivity contribution in [3.63, 3.8) is 0 Å². The van der Waals surface area contributed by atoms with Gasteiger partial charge < -0.3 is 9.47 Å². The molecule has 2 aliphatic rings. The normalized spacial score (nSPS) is 16.0. The number of carbonyl (C=O) groups is 1. The van der Waals surface area contributed by atoms with Gasteiger partial charge in [0.05, 0.1) is 12.1 Å². The molecule has 2 aromatic carbocycles. The van der Waals surface area contributed by atoms with Crippen molar-refractivity contribution in [1.82, 2.24) is 14.8 Å². The highest BCUT2D eigenvalue weighted by molar-refractivity contribution is 6.11. The molecule has 1 aliphatic carbocycles. The molecule has 31 heavy (non-hydrogen) atoms. The van der Waals surface area contributed by atoms with Gasteiger partial charge in [-0.2, -0.15) is 13.2 Å². The molecule has 1 fully saturated rings. The van der Waals surface area contributed by atoms with E-state index in [1.807, 2.05) is 13.1 Å². The molecule has 5 rings (SSSR count). The van der Waals surface area contributed by atoms with E-state index < -0.39 is 17.6 Å². The van der Waals surface area contributed by atoms with Crippen molar-refractivity contribution in [1.29, 1.82) is 0 Å². The standard InChI is InChI=1S/C23H19F3N4O/c1-3-13-9-16-17(18(10-13)23(24,25)26)11-30(22(16)31)19-6-4-5-15(20(19)14-7-8-14)21-28-27-12-29(21)2/h3-6,9-10,12,14H,1,7-8,11H2,2H3. The van der Waals surface area contributed by atoms with Gasteiger partial charge in [-0.25, -0.2) is 0 Å². The highest BCUT2D eigenvalue weighted by Crippen LogP contribution is 2.50. The van der Waals surface area contributed by atoms with Crippen LogP contribution in [-0.2, 0) is 19.8 Å². The molecule has 0 radical (unpaired) electrons. The molecule has 0 saturated heterocycles. The van der Waals surface area contributed by atoms with E-state index in [1.165, 1.54) is 17.0 Å². The van der Waals surface area contributed by atoms with Crippen LogP contribution in [0, 0.1) is 0 Å². The third kappa shape index (κ3) is 3.13. The van der Waals surface area contributed by atoms with Crippen molar-refractivity contribution in [2.24, 2.45) is 7.05 Å². The Labute approximate surface area is 176 Å². The van der Waals surface area contributed by atoms with Gasteiger partial charge in [-0.15, -0.1) is 10.2 Å². The van der Waals surface area contributed by atoms with Crippen LogP contribution in [0.3, 0.4) is 0 Å². The number of aromatic nitrogens is 3. The van der Waals surface area contributed by atoms with Crippen LogP contribution in [0.4, 0.5) is 18.9 Å². The number of hydrogen-bond donors (Lipinski definition) is 0.